The number of esters is 3. The third-order valence-corrected chi connectivity index (χ3v) is 2.55. The van der Waals surface area contributed by atoms with Crippen LogP contribution in [0.25, 0.3) is 0 Å². The van der Waals surface area contributed by atoms with Crippen molar-refractivity contribution in [3.63, 3.8) is 0 Å². The summed E-state index contributed by atoms with van der Waals surface area (Å²) in [5.74, 6) is 0.455. The molecule has 0 amide bonds. The molecule has 0 bridgehead atoms. The van der Waals surface area contributed by atoms with Gasteiger partial charge in [0.25, 0.3) is 0 Å². The Morgan fingerprint density at radius 2 is 1.33 bits per heavy atom. The van der Waals surface area contributed by atoms with E-state index in [9.17, 15) is 14.4 Å². The van der Waals surface area contributed by atoms with Gasteiger partial charge in [-0.2, -0.15) is 0 Å². The van der Waals surface area contributed by atoms with Crippen LogP contribution in [0.5, 0.6) is 0 Å². The molecule has 0 N–H and O–H groups in total. The van der Waals surface area contributed by atoms with Gasteiger partial charge in [0.15, 0.2) is 6.10 Å². The second kappa shape index (κ2) is 14.5. The van der Waals surface area contributed by atoms with E-state index < -0.39 is 36.2 Å². The molecule has 0 aliphatic heterocycles. The lowest BCUT2D eigenvalue weighted by Gasteiger charge is -2.28. The molecule has 0 rings (SSSR count). The summed E-state index contributed by atoms with van der Waals surface area (Å²) in [5.41, 5.74) is 0. The van der Waals surface area contributed by atoms with Crippen LogP contribution in [0.3, 0.4) is 0 Å². The molecular formula is C17H28O7. The number of hydrogen-bond donors (Lipinski definition) is 0. The Morgan fingerprint density at radius 3 is 1.58 bits per heavy atom. The first kappa shape index (κ1) is 24.2. The van der Waals surface area contributed by atoms with E-state index in [2.05, 4.69) is 5.92 Å². The van der Waals surface area contributed by atoms with E-state index in [0.29, 0.717) is 6.42 Å². The highest BCUT2D eigenvalue weighted by Crippen LogP contribution is 2.16. The summed E-state index contributed by atoms with van der Waals surface area (Å²) in [5, 5.41) is 0. The maximum Gasteiger partial charge on any atom is 0.304 e. The van der Waals surface area contributed by atoms with Crippen LogP contribution in [-0.2, 0) is 33.3 Å². The van der Waals surface area contributed by atoms with Gasteiger partial charge in [0.2, 0.25) is 6.10 Å². The first-order valence-electron chi connectivity index (χ1n) is 7.78. The molecule has 0 fully saturated rings. The summed E-state index contributed by atoms with van der Waals surface area (Å²) in [7, 11) is 0. The Hall–Kier alpha value is -2.07. The smallest absolute Gasteiger partial charge is 0.304 e. The number of terminal acetylenes is 1. The van der Waals surface area contributed by atoms with Crippen molar-refractivity contribution >= 4 is 17.9 Å². The molecule has 0 saturated heterocycles. The van der Waals surface area contributed by atoms with E-state index in [1.807, 2.05) is 13.8 Å². The van der Waals surface area contributed by atoms with Crippen molar-refractivity contribution in [2.45, 2.75) is 66.3 Å². The van der Waals surface area contributed by atoms with Gasteiger partial charge in [0.05, 0.1) is 0 Å². The topological polar surface area (TPSA) is 88.1 Å². The molecule has 0 aromatic heterocycles. The molecule has 7 nitrogen and oxygen atoms in total. The van der Waals surface area contributed by atoms with Gasteiger partial charge < -0.3 is 18.9 Å². The highest BCUT2D eigenvalue weighted by atomic mass is 16.6. The fraction of sp³-hybridized carbons (Fsp3) is 0.706. The van der Waals surface area contributed by atoms with Gasteiger partial charge in [-0.25, -0.2) is 0 Å². The average molecular weight is 344 g/mol. The molecule has 0 aromatic rings. The first-order chi connectivity index (χ1) is 11.2. The quantitative estimate of drug-likeness (QED) is 0.377. The van der Waals surface area contributed by atoms with E-state index in [0.717, 1.165) is 13.2 Å². The van der Waals surface area contributed by atoms with Crippen LogP contribution >= 0.6 is 0 Å². The predicted molar refractivity (Wildman–Crippen MR) is 88.0 cm³/mol. The van der Waals surface area contributed by atoms with Crippen LogP contribution in [0.4, 0.5) is 0 Å². The first-order valence-corrected chi connectivity index (χ1v) is 7.78. The molecule has 0 saturated carbocycles. The van der Waals surface area contributed by atoms with Gasteiger partial charge in [-0.15, -0.1) is 6.42 Å². The lowest BCUT2D eigenvalue weighted by atomic mass is 10.1. The zero-order valence-corrected chi connectivity index (χ0v) is 15.3. The van der Waals surface area contributed by atoms with Crippen molar-refractivity contribution in [1.82, 2.24) is 0 Å². The number of carbonyl (C=O) groups is 3. The fourth-order valence-electron chi connectivity index (χ4n) is 1.70. The molecule has 138 valence electrons. The molecule has 0 aromatic carbocycles. The third-order valence-electron chi connectivity index (χ3n) is 2.55. The number of rotatable bonds is 8. The van der Waals surface area contributed by atoms with Crippen molar-refractivity contribution in [2.24, 2.45) is 0 Å². The summed E-state index contributed by atoms with van der Waals surface area (Å²) in [4.78, 5) is 33.1. The monoisotopic (exact) mass is 344 g/mol. The molecule has 0 radical (unpaired) electrons. The third kappa shape index (κ3) is 12.5. The van der Waals surface area contributed by atoms with Gasteiger partial charge in [0.1, 0.15) is 6.10 Å². The predicted octanol–water partition coefficient (Wildman–Crippen LogP) is 1.87. The van der Waals surface area contributed by atoms with Crippen molar-refractivity contribution in [3.05, 3.63) is 0 Å². The van der Waals surface area contributed by atoms with E-state index in [1.165, 1.54) is 20.8 Å². The second-order valence-corrected chi connectivity index (χ2v) is 4.61. The highest BCUT2D eigenvalue weighted by molar-refractivity contribution is 5.68. The summed E-state index contributed by atoms with van der Waals surface area (Å²) in [6.07, 6.45) is 2.71. The normalized spacial score (nSPS) is 13.2. The number of hydrogen-bond acceptors (Lipinski definition) is 7. The molecule has 0 unspecified atom stereocenters. The van der Waals surface area contributed by atoms with Gasteiger partial charge in [-0.05, 0) is 20.3 Å². The summed E-state index contributed by atoms with van der Waals surface area (Å²) < 4.78 is 19.8. The minimum atomic E-state index is -1.11. The van der Waals surface area contributed by atoms with Gasteiger partial charge >= 0.3 is 17.9 Å². The van der Waals surface area contributed by atoms with Crippen LogP contribution in [0, 0.1) is 12.3 Å². The standard InChI is InChI=1S/C13H18O6.C4H10O/c1-6-11(17-8(3)14)13(19-10(5)16)12(7-2)18-9(4)15;1-3-5-4-2/h1,11-13H,7H2,2-5H3;3-4H2,1-2H3/t11-,12+,13-;/m0./s1. The maximum absolute atomic E-state index is 11.1. The molecule has 0 heterocycles. The summed E-state index contributed by atoms with van der Waals surface area (Å²) in [6.45, 7) is 11.0. The molecule has 0 aliphatic carbocycles. The number of ether oxygens (including phenoxy) is 4. The van der Waals surface area contributed by atoms with Crippen LogP contribution < -0.4 is 0 Å². The van der Waals surface area contributed by atoms with Crippen LogP contribution in [0.15, 0.2) is 0 Å². The van der Waals surface area contributed by atoms with Crippen molar-refractivity contribution < 1.29 is 33.3 Å². The lowest BCUT2D eigenvalue weighted by Crippen LogP contribution is -2.44. The van der Waals surface area contributed by atoms with E-state index in [-0.39, 0.29) is 0 Å². The minimum Gasteiger partial charge on any atom is -0.458 e. The van der Waals surface area contributed by atoms with E-state index in [4.69, 9.17) is 25.4 Å². The van der Waals surface area contributed by atoms with Gasteiger partial charge in [-0.1, -0.05) is 12.8 Å². The van der Waals surface area contributed by atoms with Crippen molar-refractivity contribution in [3.8, 4) is 12.3 Å². The molecular weight excluding hydrogens is 316 g/mol. The summed E-state index contributed by atoms with van der Waals surface area (Å²) >= 11 is 0. The fourth-order valence-corrected chi connectivity index (χ4v) is 1.70. The lowest BCUT2D eigenvalue weighted by molar-refractivity contribution is -0.178. The van der Waals surface area contributed by atoms with Crippen LogP contribution in [-0.4, -0.2) is 49.4 Å². The molecule has 24 heavy (non-hydrogen) atoms. The van der Waals surface area contributed by atoms with Gasteiger partial charge in [-0.3, -0.25) is 14.4 Å². The second-order valence-electron chi connectivity index (χ2n) is 4.61. The minimum absolute atomic E-state index is 0.358. The highest BCUT2D eigenvalue weighted by Gasteiger charge is 2.34. The van der Waals surface area contributed by atoms with Crippen LogP contribution in [0.1, 0.15) is 48.0 Å². The molecule has 3 atom stereocenters. The summed E-state index contributed by atoms with van der Waals surface area (Å²) in [6, 6.07) is 0. The Labute approximate surface area is 144 Å². The zero-order valence-electron chi connectivity index (χ0n) is 15.3. The number of carbonyl (C=O) groups excluding carboxylic acids is 3. The van der Waals surface area contributed by atoms with Gasteiger partial charge in [0, 0.05) is 34.0 Å². The average Bonchev–Trinajstić information content (AvgIpc) is 2.49. The SMILES string of the molecule is C#C[C@H](OC(C)=O)[C@H](OC(C)=O)[C@@H](CC)OC(C)=O.CCOCC. The Morgan fingerprint density at radius 1 is 0.875 bits per heavy atom. The molecule has 7 heteroatoms. The largest absolute Gasteiger partial charge is 0.458 e. The molecule has 0 spiro atoms. The zero-order chi connectivity index (χ0) is 19.1. The van der Waals surface area contributed by atoms with Crippen LogP contribution in [0.2, 0.25) is 0 Å². The van der Waals surface area contributed by atoms with E-state index in [1.54, 1.807) is 6.92 Å². The Bertz CT molecular complexity index is 423. The Balaban J connectivity index is 0. The van der Waals surface area contributed by atoms with Crippen molar-refractivity contribution in [1.29, 1.82) is 0 Å². The van der Waals surface area contributed by atoms with E-state index >= 15 is 0 Å². The molecule has 0 aliphatic rings. The Kier molecular flexibility index (Phi) is 14.6. The van der Waals surface area contributed by atoms with Crippen molar-refractivity contribution in [2.75, 3.05) is 13.2 Å². The maximum atomic E-state index is 11.1.